The van der Waals surface area contributed by atoms with Crippen LogP contribution in [0.4, 0.5) is 5.82 Å². The van der Waals surface area contributed by atoms with Crippen molar-refractivity contribution in [3.63, 3.8) is 0 Å². The number of hydrogen-bond donors (Lipinski definition) is 0. The number of aromatic nitrogens is 5. The van der Waals surface area contributed by atoms with Crippen molar-refractivity contribution < 1.29 is 0 Å². The quantitative estimate of drug-likeness (QED) is 0.712. The molecule has 1 atom stereocenters. The van der Waals surface area contributed by atoms with Crippen molar-refractivity contribution >= 4 is 11.5 Å². The van der Waals surface area contributed by atoms with E-state index < -0.39 is 0 Å². The molecule has 3 aromatic heterocycles. The average Bonchev–Trinajstić information content (AvgIpc) is 3.24. The molecule has 2 aliphatic heterocycles. The van der Waals surface area contributed by atoms with E-state index in [1.807, 2.05) is 12.4 Å². The Labute approximate surface area is 159 Å². The highest BCUT2D eigenvalue weighted by Crippen LogP contribution is 2.32. The Morgan fingerprint density at radius 1 is 1.15 bits per heavy atom. The number of likely N-dealkylation sites (tertiary alicyclic amines) is 1. The third-order valence-electron chi connectivity index (χ3n) is 6.00. The van der Waals surface area contributed by atoms with Gasteiger partial charge in [0.2, 0.25) is 0 Å². The molecule has 0 aliphatic carbocycles. The van der Waals surface area contributed by atoms with Gasteiger partial charge in [0, 0.05) is 55.5 Å². The molecule has 3 aromatic rings. The number of rotatable bonds is 4. The van der Waals surface area contributed by atoms with Gasteiger partial charge in [-0.1, -0.05) is 13.8 Å². The Hall–Kier alpha value is -2.41. The van der Waals surface area contributed by atoms with Crippen LogP contribution in [0.1, 0.15) is 44.8 Å². The first kappa shape index (κ1) is 16.7. The number of likely N-dealkylation sites (N-methyl/N-ethyl adjacent to an activating group) is 1. The van der Waals surface area contributed by atoms with E-state index in [1.54, 1.807) is 0 Å². The van der Waals surface area contributed by atoms with E-state index in [0.29, 0.717) is 18.0 Å². The predicted octanol–water partition coefficient (Wildman–Crippen LogP) is 2.80. The lowest BCUT2D eigenvalue weighted by molar-refractivity contribution is 0.130. The van der Waals surface area contributed by atoms with E-state index >= 15 is 0 Å². The highest BCUT2D eigenvalue weighted by Gasteiger charge is 2.29. The Balaban J connectivity index is 1.60. The summed E-state index contributed by atoms with van der Waals surface area (Å²) in [6.07, 6.45) is 9.42. The van der Waals surface area contributed by atoms with Crippen molar-refractivity contribution in [2.24, 2.45) is 0 Å². The third-order valence-corrected chi connectivity index (χ3v) is 6.00. The maximum absolute atomic E-state index is 5.03. The lowest BCUT2D eigenvalue weighted by atomic mass is 10.1. The fraction of sp³-hybridized carbons (Fsp3) is 0.550. The number of nitrogens with zero attached hydrogens (tertiary/aromatic N) is 7. The highest BCUT2D eigenvalue weighted by atomic mass is 15.4. The molecule has 2 fully saturated rings. The second kappa shape index (κ2) is 6.05. The Bertz CT molecular complexity index is 980. The van der Waals surface area contributed by atoms with Crippen molar-refractivity contribution in [2.45, 2.75) is 45.2 Å². The van der Waals surface area contributed by atoms with Gasteiger partial charge in [0.1, 0.15) is 0 Å². The summed E-state index contributed by atoms with van der Waals surface area (Å²) in [4.78, 5) is 14.4. The van der Waals surface area contributed by atoms with Gasteiger partial charge in [-0.2, -0.15) is 5.10 Å². The first-order valence-corrected chi connectivity index (χ1v) is 9.89. The van der Waals surface area contributed by atoms with Crippen LogP contribution in [0.3, 0.4) is 0 Å². The first-order valence-electron chi connectivity index (χ1n) is 9.89. The topological polar surface area (TPSA) is 54.5 Å². The highest BCUT2D eigenvalue weighted by molar-refractivity contribution is 5.71. The summed E-state index contributed by atoms with van der Waals surface area (Å²) >= 11 is 0. The number of hydrogen-bond acceptors (Lipinski definition) is 5. The molecule has 0 unspecified atom stereocenters. The molecule has 7 heteroatoms. The average molecular weight is 365 g/mol. The zero-order valence-electron chi connectivity index (χ0n) is 16.5. The minimum atomic E-state index is 0.408. The van der Waals surface area contributed by atoms with Crippen LogP contribution in [0.15, 0.2) is 24.8 Å². The minimum absolute atomic E-state index is 0.408. The summed E-state index contributed by atoms with van der Waals surface area (Å²) in [5, 5.41) is 4.61. The van der Waals surface area contributed by atoms with Crippen LogP contribution in [0.25, 0.3) is 16.9 Å². The normalized spacial score (nSPS) is 21.1. The van der Waals surface area contributed by atoms with E-state index in [1.165, 1.54) is 12.1 Å². The summed E-state index contributed by atoms with van der Waals surface area (Å²) in [5.74, 6) is 1.40. The van der Waals surface area contributed by atoms with Gasteiger partial charge in [-0.3, -0.25) is 9.08 Å². The van der Waals surface area contributed by atoms with E-state index in [-0.39, 0.29) is 0 Å². The SMILES string of the molecule is CC(C)c1cnc2c(N3CC[C@@H]3C)nc(-c3cnn(C4CN(C)C4)c3)cn12. The van der Waals surface area contributed by atoms with Crippen molar-refractivity contribution in [2.75, 3.05) is 31.6 Å². The molecule has 0 spiro atoms. The van der Waals surface area contributed by atoms with Gasteiger partial charge in [0.05, 0.1) is 17.9 Å². The lowest BCUT2D eigenvalue weighted by Gasteiger charge is -2.39. The monoisotopic (exact) mass is 365 g/mol. The molecule has 5 heterocycles. The van der Waals surface area contributed by atoms with Crippen LogP contribution in [0, 0.1) is 0 Å². The Kier molecular flexibility index (Phi) is 3.75. The maximum atomic E-state index is 5.03. The van der Waals surface area contributed by atoms with Gasteiger partial charge in [0.25, 0.3) is 0 Å². The van der Waals surface area contributed by atoms with E-state index in [9.17, 15) is 0 Å². The predicted molar refractivity (Wildman–Crippen MR) is 106 cm³/mol. The third kappa shape index (κ3) is 2.64. The molecule has 0 N–H and O–H groups in total. The molecular formula is C20H27N7. The Morgan fingerprint density at radius 3 is 2.59 bits per heavy atom. The molecule has 5 rings (SSSR count). The van der Waals surface area contributed by atoms with Gasteiger partial charge in [0.15, 0.2) is 11.5 Å². The summed E-state index contributed by atoms with van der Waals surface area (Å²) < 4.78 is 4.31. The van der Waals surface area contributed by atoms with Gasteiger partial charge >= 0.3 is 0 Å². The smallest absolute Gasteiger partial charge is 0.180 e. The summed E-state index contributed by atoms with van der Waals surface area (Å²) in [6, 6.07) is 0.991. The molecule has 0 radical (unpaired) electrons. The van der Waals surface area contributed by atoms with Crippen LogP contribution in [-0.2, 0) is 0 Å². The number of fused-ring (bicyclic) bond motifs is 1. The molecule has 27 heavy (non-hydrogen) atoms. The molecular weight excluding hydrogens is 338 g/mol. The summed E-state index contributed by atoms with van der Waals surface area (Å²) in [6.45, 7) is 9.84. The molecule has 0 aromatic carbocycles. The molecule has 0 saturated carbocycles. The number of imidazole rings is 1. The van der Waals surface area contributed by atoms with Gasteiger partial charge in [-0.25, -0.2) is 9.97 Å². The van der Waals surface area contributed by atoms with E-state index in [4.69, 9.17) is 9.97 Å². The molecule has 0 bridgehead atoms. The fourth-order valence-corrected chi connectivity index (χ4v) is 4.08. The first-order chi connectivity index (χ1) is 13.0. The van der Waals surface area contributed by atoms with Crippen LogP contribution in [0.5, 0.6) is 0 Å². The summed E-state index contributed by atoms with van der Waals surface area (Å²) in [7, 11) is 2.14. The zero-order valence-corrected chi connectivity index (χ0v) is 16.5. The van der Waals surface area contributed by atoms with E-state index in [0.717, 1.165) is 42.4 Å². The number of anilines is 1. The van der Waals surface area contributed by atoms with Crippen LogP contribution < -0.4 is 4.90 Å². The summed E-state index contributed by atoms with van der Waals surface area (Å²) in [5.41, 5.74) is 4.22. The van der Waals surface area contributed by atoms with Gasteiger partial charge < -0.3 is 9.80 Å². The lowest BCUT2D eigenvalue weighted by Crippen LogP contribution is -2.46. The zero-order chi connectivity index (χ0) is 18.7. The molecule has 142 valence electrons. The minimum Gasteiger partial charge on any atom is -0.351 e. The van der Waals surface area contributed by atoms with Crippen LogP contribution in [-0.4, -0.2) is 61.8 Å². The second-order valence-corrected chi connectivity index (χ2v) is 8.40. The van der Waals surface area contributed by atoms with Crippen molar-refractivity contribution in [3.05, 3.63) is 30.5 Å². The molecule has 2 saturated heterocycles. The van der Waals surface area contributed by atoms with Crippen molar-refractivity contribution in [1.29, 1.82) is 0 Å². The largest absolute Gasteiger partial charge is 0.351 e. The van der Waals surface area contributed by atoms with Gasteiger partial charge in [-0.05, 0) is 26.3 Å². The second-order valence-electron chi connectivity index (χ2n) is 8.40. The maximum Gasteiger partial charge on any atom is 0.180 e. The van der Waals surface area contributed by atoms with Crippen LogP contribution >= 0.6 is 0 Å². The fourth-order valence-electron chi connectivity index (χ4n) is 4.08. The van der Waals surface area contributed by atoms with Crippen LogP contribution in [0.2, 0.25) is 0 Å². The van der Waals surface area contributed by atoms with Gasteiger partial charge in [-0.15, -0.1) is 0 Å². The Morgan fingerprint density at radius 2 is 1.96 bits per heavy atom. The molecule has 0 amide bonds. The molecule has 7 nitrogen and oxygen atoms in total. The molecule has 2 aliphatic rings. The van der Waals surface area contributed by atoms with Crippen molar-refractivity contribution in [1.82, 2.24) is 29.0 Å². The van der Waals surface area contributed by atoms with Crippen molar-refractivity contribution in [3.8, 4) is 11.3 Å². The van der Waals surface area contributed by atoms with E-state index in [2.05, 4.69) is 64.2 Å². The standard InChI is InChI=1S/C20H27N7/c1-13(2)18-8-21-19-20(25-6-5-14(25)3)23-17(12-26(18)19)15-7-22-27(9-15)16-10-24(4)11-16/h7-9,12-14,16H,5-6,10-11H2,1-4H3/t14-/m0/s1.